The maximum Gasteiger partial charge on any atom is 0.274 e. The number of hydrogen-bond acceptors (Lipinski definition) is 3. The van der Waals surface area contributed by atoms with Gasteiger partial charge in [0.05, 0.1) is 4.92 Å². The topological polar surface area (TPSA) is 55.2 Å². The minimum atomic E-state index is -0.322. The fourth-order valence-corrected chi connectivity index (χ4v) is 2.51. The molecule has 1 fully saturated rings. The lowest BCUT2D eigenvalue weighted by atomic mass is 10.00. The molecule has 1 aliphatic rings. The van der Waals surface area contributed by atoms with E-state index in [1.165, 1.54) is 12.8 Å². The average Bonchev–Trinajstić information content (AvgIpc) is 2.67. The van der Waals surface area contributed by atoms with Crippen LogP contribution in [0.2, 0.25) is 0 Å². The molecule has 0 atom stereocenters. The molecule has 0 heterocycles. The van der Waals surface area contributed by atoms with Gasteiger partial charge in [-0.3, -0.25) is 10.1 Å². The van der Waals surface area contributed by atoms with Gasteiger partial charge in [-0.15, -0.1) is 0 Å². The van der Waals surface area contributed by atoms with Gasteiger partial charge >= 0.3 is 0 Å². The molecule has 92 valence electrons. The maximum absolute atomic E-state index is 10.9. The molecule has 0 spiro atoms. The number of anilines is 1. The summed E-state index contributed by atoms with van der Waals surface area (Å²) in [5, 5.41) is 14.3. The smallest absolute Gasteiger partial charge is 0.274 e. The van der Waals surface area contributed by atoms with Crippen LogP contribution in [0.3, 0.4) is 0 Å². The SMILES string of the molecule is Cc1ccc(NC2(C)CCCC2)cc1[N+](=O)[O-]. The minimum Gasteiger partial charge on any atom is -0.380 e. The predicted molar refractivity (Wildman–Crippen MR) is 68.3 cm³/mol. The third-order valence-electron chi connectivity index (χ3n) is 3.56. The third-order valence-corrected chi connectivity index (χ3v) is 3.56. The number of benzene rings is 1. The molecule has 1 aliphatic carbocycles. The monoisotopic (exact) mass is 234 g/mol. The van der Waals surface area contributed by atoms with Gasteiger partial charge in [-0.1, -0.05) is 18.9 Å². The van der Waals surface area contributed by atoms with Gasteiger partial charge in [0.2, 0.25) is 0 Å². The van der Waals surface area contributed by atoms with Gasteiger partial charge in [0.15, 0.2) is 0 Å². The zero-order valence-electron chi connectivity index (χ0n) is 10.3. The molecule has 17 heavy (non-hydrogen) atoms. The van der Waals surface area contributed by atoms with Crippen molar-refractivity contribution >= 4 is 11.4 Å². The molecule has 0 unspecified atom stereocenters. The van der Waals surface area contributed by atoms with E-state index < -0.39 is 0 Å². The zero-order valence-corrected chi connectivity index (χ0v) is 10.3. The van der Waals surface area contributed by atoms with Crippen LogP contribution in [0.4, 0.5) is 11.4 Å². The van der Waals surface area contributed by atoms with Gasteiger partial charge in [-0.2, -0.15) is 0 Å². The van der Waals surface area contributed by atoms with E-state index in [9.17, 15) is 10.1 Å². The summed E-state index contributed by atoms with van der Waals surface area (Å²) in [7, 11) is 0. The van der Waals surface area contributed by atoms with Crippen LogP contribution < -0.4 is 5.32 Å². The number of nitro groups is 1. The molecule has 0 bridgehead atoms. The first-order chi connectivity index (χ1) is 8.00. The van der Waals surface area contributed by atoms with Crippen LogP contribution in [-0.2, 0) is 0 Å². The molecule has 0 radical (unpaired) electrons. The van der Waals surface area contributed by atoms with Crippen molar-refractivity contribution < 1.29 is 4.92 Å². The summed E-state index contributed by atoms with van der Waals surface area (Å²) < 4.78 is 0. The van der Waals surface area contributed by atoms with Gasteiger partial charge in [0.25, 0.3) is 5.69 Å². The Morgan fingerprint density at radius 2 is 2.00 bits per heavy atom. The van der Waals surface area contributed by atoms with Gasteiger partial charge in [0, 0.05) is 22.9 Å². The molecule has 0 aromatic heterocycles. The van der Waals surface area contributed by atoms with Crippen molar-refractivity contribution in [3.05, 3.63) is 33.9 Å². The molecule has 0 saturated heterocycles. The minimum absolute atomic E-state index is 0.100. The molecular weight excluding hydrogens is 216 g/mol. The van der Waals surface area contributed by atoms with Crippen LogP contribution in [0.1, 0.15) is 38.2 Å². The van der Waals surface area contributed by atoms with Crippen molar-refractivity contribution in [2.75, 3.05) is 5.32 Å². The van der Waals surface area contributed by atoms with E-state index in [2.05, 4.69) is 12.2 Å². The Balaban J connectivity index is 2.22. The van der Waals surface area contributed by atoms with Crippen LogP contribution in [0.5, 0.6) is 0 Å². The number of aryl methyl sites for hydroxylation is 1. The normalized spacial score (nSPS) is 18.0. The van der Waals surface area contributed by atoms with Crippen molar-refractivity contribution in [2.24, 2.45) is 0 Å². The summed E-state index contributed by atoms with van der Waals surface area (Å²) in [6.45, 7) is 3.95. The van der Waals surface area contributed by atoms with E-state index >= 15 is 0 Å². The zero-order chi connectivity index (χ0) is 12.5. The van der Waals surface area contributed by atoms with Crippen molar-refractivity contribution in [3.63, 3.8) is 0 Å². The van der Waals surface area contributed by atoms with Gasteiger partial charge < -0.3 is 5.32 Å². The first-order valence-electron chi connectivity index (χ1n) is 6.03. The second-order valence-electron chi connectivity index (χ2n) is 5.15. The Morgan fingerprint density at radius 3 is 2.59 bits per heavy atom. The van der Waals surface area contributed by atoms with Gasteiger partial charge in [-0.25, -0.2) is 0 Å². The standard InChI is InChI=1S/C13H18N2O2/c1-10-5-6-11(9-12(10)15(16)17)14-13(2)7-3-4-8-13/h5-6,9,14H,3-4,7-8H2,1-2H3. The number of nitrogens with one attached hydrogen (secondary N) is 1. The van der Waals surface area contributed by atoms with E-state index in [1.54, 1.807) is 19.1 Å². The fourth-order valence-electron chi connectivity index (χ4n) is 2.51. The summed E-state index contributed by atoms with van der Waals surface area (Å²) in [4.78, 5) is 10.5. The maximum atomic E-state index is 10.9. The van der Waals surface area contributed by atoms with Crippen molar-refractivity contribution in [3.8, 4) is 0 Å². The predicted octanol–water partition coefficient (Wildman–Crippen LogP) is 3.65. The van der Waals surface area contributed by atoms with Crippen LogP contribution >= 0.6 is 0 Å². The molecule has 0 amide bonds. The summed E-state index contributed by atoms with van der Waals surface area (Å²) in [5.74, 6) is 0. The highest BCUT2D eigenvalue weighted by molar-refractivity contribution is 5.56. The molecular formula is C13H18N2O2. The summed E-state index contributed by atoms with van der Waals surface area (Å²) in [5.41, 5.74) is 1.85. The first kappa shape index (κ1) is 11.9. The summed E-state index contributed by atoms with van der Waals surface area (Å²) in [6.07, 6.45) is 4.73. The largest absolute Gasteiger partial charge is 0.380 e. The molecule has 4 heteroatoms. The first-order valence-corrected chi connectivity index (χ1v) is 6.03. The highest BCUT2D eigenvalue weighted by atomic mass is 16.6. The lowest BCUT2D eigenvalue weighted by Crippen LogP contribution is -2.30. The summed E-state index contributed by atoms with van der Waals surface area (Å²) in [6, 6.07) is 5.36. The average molecular weight is 234 g/mol. The van der Waals surface area contributed by atoms with Crippen LogP contribution in [0, 0.1) is 17.0 Å². The van der Waals surface area contributed by atoms with Crippen molar-refractivity contribution in [2.45, 2.75) is 45.1 Å². The number of nitrogens with zero attached hydrogens (tertiary/aromatic N) is 1. The molecule has 1 N–H and O–H groups in total. The third kappa shape index (κ3) is 2.57. The van der Waals surface area contributed by atoms with E-state index in [0.717, 1.165) is 18.5 Å². The Morgan fingerprint density at radius 1 is 1.35 bits per heavy atom. The van der Waals surface area contributed by atoms with Gasteiger partial charge in [0.1, 0.15) is 0 Å². The quantitative estimate of drug-likeness (QED) is 0.641. The van der Waals surface area contributed by atoms with Crippen molar-refractivity contribution in [1.82, 2.24) is 0 Å². The fraction of sp³-hybridized carbons (Fsp3) is 0.538. The highest BCUT2D eigenvalue weighted by Gasteiger charge is 2.28. The molecule has 2 rings (SSSR count). The number of hydrogen-bond donors (Lipinski definition) is 1. The lowest BCUT2D eigenvalue weighted by molar-refractivity contribution is -0.385. The van der Waals surface area contributed by atoms with Crippen LogP contribution in [-0.4, -0.2) is 10.5 Å². The highest BCUT2D eigenvalue weighted by Crippen LogP contribution is 2.33. The molecule has 1 aromatic rings. The summed E-state index contributed by atoms with van der Waals surface area (Å²) >= 11 is 0. The lowest BCUT2D eigenvalue weighted by Gasteiger charge is -2.26. The molecule has 4 nitrogen and oxygen atoms in total. The number of nitro benzene ring substituents is 1. The van der Waals surface area contributed by atoms with E-state index in [1.807, 2.05) is 6.07 Å². The van der Waals surface area contributed by atoms with Gasteiger partial charge in [-0.05, 0) is 32.8 Å². The number of rotatable bonds is 3. The Bertz CT molecular complexity index is 437. The second-order valence-corrected chi connectivity index (χ2v) is 5.15. The van der Waals surface area contributed by atoms with Crippen molar-refractivity contribution in [1.29, 1.82) is 0 Å². The van der Waals surface area contributed by atoms with E-state index in [4.69, 9.17) is 0 Å². The second kappa shape index (κ2) is 4.35. The molecule has 1 aromatic carbocycles. The van der Waals surface area contributed by atoms with E-state index in [-0.39, 0.29) is 16.1 Å². The van der Waals surface area contributed by atoms with Crippen LogP contribution in [0.15, 0.2) is 18.2 Å². The van der Waals surface area contributed by atoms with Crippen LogP contribution in [0.25, 0.3) is 0 Å². The molecule has 0 aliphatic heterocycles. The van der Waals surface area contributed by atoms with E-state index in [0.29, 0.717) is 5.56 Å². The molecule has 1 saturated carbocycles. The Kier molecular flexibility index (Phi) is 3.05. The Hall–Kier alpha value is -1.58. The Labute approximate surface area is 101 Å².